The highest BCUT2D eigenvalue weighted by Gasteiger charge is 2.63. The van der Waals surface area contributed by atoms with Crippen molar-refractivity contribution in [3.05, 3.63) is 70.2 Å². The minimum atomic E-state index is -2.70. The van der Waals surface area contributed by atoms with Gasteiger partial charge >= 0.3 is 0 Å². The molecule has 0 bridgehead atoms. The van der Waals surface area contributed by atoms with E-state index in [0.717, 1.165) is 0 Å². The molecule has 4 atom stereocenters. The number of nitrogens with zero attached hydrogens (tertiary/aromatic N) is 1. The molecular weight excluding hydrogens is 534 g/mol. The summed E-state index contributed by atoms with van der Waals surface area (Å²) in [5, 5.41) is 56.2. The Morgan fingerprint density at radius 1 is 1.07 bits per heavy atom. The lowest BCUT2D eigenvalue weighted by atomic mass is 9.58. The summed E-state index contributed by atoms with van der Waals surface area (Å²) >= 11 is 0. The lowest BCUT2D eigenvalue weighted by molar-refractivity contribution is -0.148. The predicted octanol–water partition coefficient (Wildman–Crippen LogP) is 0.718. The van der Waals surface area contributed by atoms with Crippen molar-refractivity contribution in [2.45, 2.75) is 24.5 Å². The third kappa shape index (κ3) is 4.10. The number of rotatable bonds is 5. The molecule has 214 valence electrons. The van der Waals surface area contributed by atoms with Gasteiger partial charge in [0.1, 0.15) is 29.4 Å². The molecule has 41 heavy (non-hydrogen) atoms. The first-order valence-electron chi connectivity index (χ1n) is 12.8. The molecular formula is C29H29N3O9. The Labute approximate surface area is 234 Å². The van der Waals surface area contributed by atoms with E-state index in [2.05, 4.69) is 5.32 Å². The largest absolute Gasteiger partial charge is 0.510 e. The van der Waals surface area contributed by atoms with Gasteiger partial charge < -0.3 is 36.6 Å². The molecule has 0 heterocycles. The summed E-state index contributed by atoms with van der Waals surface area (Å²) in [6.45, 7) is -0.673. The molecule has 3 aliphatic carbocycles. The van der Waals surface area contributed by atoms with Crippen LogP contribution in [-0.2, 0) is 20.8 Å². The maximum Gasteiger partial charge on any atom is 0.255 e. The van der Waals surface area contributed by atoms with Gasteiger partial charge in [0.15, 0.2) is 11.4 Å². The number of carbonyl (C=O) groups is 4. The standard InChI is InChI=1S/C29H29N3O9/c1-32(2)23-17-10-13-9-16-15(12-3-5-14(6-4-12)31-19(35)11-33)7-8-18(34)21(16)24(36)20(13)26(38)29(17,41)27(39)22(25(23)37)28(30)40/h3-8,13,17,23,33-34,37-38,41H,9-11H2,1-2H3,(H2,30,40)(H,31,35)/t13-,17-,23-,29-/m1/s1. The predicted molar refractivity (Wildman–Crippen MR) is 145 cm³/mol. The molecule has 2 aromatic carbocycles. The maximum atomic E-state index is 13.9. The number of nitrogens with two attached hydrogens (primary N) is 1. The topological polar surface area (TPSA) is 211 Å². The molecule has 0 fully saturated rings. The van der Waals surface area contributed by atoms with E-state index in [9.17, 15) is 39.6 Å². The van der Waals surface area contributed by atoms with Crippen molar-refractivity contribution in [2.24, 2.45) is 17.6 Å². The Morgan fingerprint density at radius 2 is 1.73 bits per heavy atom. The molecule has 0 saturated heterocycles. The van der Waals surface area contributed by atoms with E-state index in [-0.39, 0.29) is 29.7 Å². The van der Waals surface area contributed by atoms with Crippen molar-refractivity contribution in [3.63, 3.8) is 0 Å². The average molecular weight is 564 g/mol. The van der Waals surface area contributed by atoms with Crippen LogP contribution in [0.5, 0.6) is 5.75 Å². The van der Waals surface area contributed by atoms with Gasteiger partial charge in [0, 0.05) is 17.2 Å². The molecule has 0 radical (unpaired) electrons. The number of phenols is 1. The number of allylic oxidation sites excluding steroid dienone is 1. The summed E-state index contributed by atoms with van der Waals surface area (Å²) < 4.78 is 0. The van der Waals surface area contributed by atoms with Gasteiger partial charge in [-0.05, 0) is 67.7 Å². The van der Waals surface area contributed by atoms with Crippen molar-refractivity contribution < 1.29 is 44.7 Å². The van der Waals surface area contributed by atoms with E-state index < -0.39 is 70.6 Å². The molecule has 0 aromatic heterocycles. The number of aromatic hydroxyl groups is 1. The lowest BCUT2D eigenvalue weighted by Gasteiger charge is -2.50. The van der Waals surface area contributed by atoms with Crippen LogP contribution in [-0.4, -0.2) is 86.2 Å². The highest BCUT2D eigenvalue weighted by molar-refractivity contribution is 6.25. The van der Waals surface area contributed by atoms with Gasteiger partial charge in [-0.1, -0.05) is 18.2 Å². The number of benzene rings is 2. The second kappa shape index (κ2) is 9.84. The van der Waals surface area contributed by atoms with Gasteiger partial charge in [-0.25, -0.2) is 0 Å². The molecule has 0 spiro atoms. The Hall–Kier alpha value is -4.52. The van der Waals surface area contributed by atoms with Crippen molar-refractivity contribution in [1.82, 2.24) is 4.90 Å². The van der Waals surface area contributed by atoms with Gasteiger partial charge in [-0.2, -0.15) is 0 Å². The number of primary amides is 1. The van der Waals surface area contributed by atoms with Crippen molar-refractivity contribution in [3.8, 4) is 16.9 Å². The van der Waals surface area contributed by atoms with Crippen LogP contribution >= 0.6 is 0 Å². The Kier molecular flexibility index (Phi) is 6.72. The third-order valence-corrected chi connectivity index (χ3v) is 8.23. The Bertz CT molecular complexity index is 1570. The third-order valence-electron chi connectivity index (χ3n) is 8.23. The van der Waals surface area contributed by atoms with E-state index in [1.165, 1.54) is 11.0 Å². The maximum absolute atomic E-state index is 13.9. The van der Waals surface area contributed by atoms with Crippen LogP contribution in [0.4, 0.5) is 5.69 Å². The van der Waals surface area contributed by atoms with Gasteiger partial charge in [-0.3, -0.25) is 24.1 Å². The van der Waals surface area contributed by atoms with Crippen molar-refractivity contribution >= 4 is 29.1 Å². The molecule has 2 aromatic rings. The van der Waals surface area contributed by atoms with E-state index >= 15 is 0 Å². The minimum absolute atomic E-state index is 0.0208. The average Bonchev–Trinajstić information content (AvgIpc) is 2.91. The fraction of sp³-hybridized carbons (Fsp3) is 0.310. The van der Waals surface area contributed by atoms with Crippen LogP contribution in [0.25, 0.3) is 11.1 Å². The van der Waals surface area contributed by atoms with E-state index in [4.69, 9.17) is 10.8 Å². The number of hydrogen-bond donors (Lipinski definition) is 7. The zero-order valence-corrected chi connectivity index (χ0v) is 22.2. The summed E-state index contributed by atoms with van der Waals surface area (Å²) in [4.78, 5) is 52.3. The number of likely N-dealkylation sites (N-methyl/N-ethyl adjacent to an activating group) is 1. The molecule has 0 unspecified atom stereocenters. The first kappa shape index (κ1) is 28.0. The highest BCUT2D eigenvalue weighted by Crippen LogP contribution is 2.53. The summed E-state index contributed by atoms with van der Waals surface area (Å²) in [6, 6.07) is 8.51. The van der Waals surface area contributed by atoms with Crippen LogP contribution in [0.3, 0.4) is 0 Å². The summed E-state index contributed by atoms with van der Waals surface area (Å²) in [6.07, 6.45) is 0.119. The zero-order chi connectivity index (χ0) is 30.0. The second-order valence-corrected chi connectivity index (χ2v) is 10.7. The van der Waals surface area contributed by atoms with Crippen LogP contribution in [0.15, 0.2) is 59.1 Å². The van der Waals surface area contributed by atoms with E-state index in [1.807, 2.05) is 0 Å². The Balaban J connectivity index is 1.64. The normalized spacial score (nSPS) is 25.5. The van der Waals surface area contributed by atoms with E-state index in [1.54, 1.807) is 44.4 Å². The van der Waals surface area contributed by atoms with Crippen molar-refractivity contribution in [2.75, 3.05) is 26.0 Å². The second-order valence-electron chi connectivity index (χ2n) is 10.7. The summed E-state index contributed by atoms with van der Waals surface area (Å²) in [7, 11) is 3.13. The van der Waals surface area contributed by atoms with Crippen molar-refractivity contribution in [1.29, 1.82) is 0 Å². The number of anilines is 1. The number of amides is 2. The van der Waals surface area contributed by atoms with Crippen LogP contribution < -0.4 is 11.1 Å². The SMILES string of the molecule is CN(C)[C@H]1C(O)=C(C(N)=O)C(=O)[C@]2(O)C(O)=C3C(=O)c4c(O)ccc(-c5ccc(NC(=O)CO)cc5)c4C[C@@H]3C[C@H]12. The summed E-state index contributed by atoms with van der Waals surface area (Å²) in [5.74, 6) is -7.67. The first-order chi connectivity index (χ1) is 19.3. The van der Waals surface area contributed by atoms with Gasteiger partial charge in [0.25, 0.3) is 5.91 Å². The number of ketones is 2. The molecule has 0 saturated carbocycles. The molecule has 8 N–H and O–H groups in total. The fourth-order valence-corrected chi connectivity index (χ4v) is 6.45. The number of fused-ring (bicyclic) bond motifs is 3. The number of phenolic OH excluding ortho intramolecular Hbond substituents is 1. The Morgan fingerprint density at radius 3 is 2.32 bits per heavy atom. The molecule has 12 nitrogen and oxygen atoms in total. The molecule has 0 aliphatic heterocycles. The smallest absolute Gasteiger partial charge is 0.255 e. The molecule has 2 amide bonds. The summed E-state index contributed by atoms with van der Waals surface area (Å²) in [5.41, 5.74) is 3.65. The lowest BCUT2D eigenvalue weighted by Crippen LogP contribution is -2.63. The van der Waals surface area contributed by atoms with E-state index in [0.29, 0.717) is 22.4 Å². The number of carbonyl (C=O) groups excluding carboxylic acids is 4. The van der Waals surface area contributed by atoms with Gasteiger partial charge in [0.2, 0.25) is 11.7 Å². The monoisotopic (exact) mass is 563 g/mol. The molecule has 12 heteroatoms. The van der Waals surface area contributed by atoms with Gasteiger partial charge in [-0.15, -0.1) is 0 Å². The number of hydrogen-bond acceptors (Lipinski definition) is 10. The number of aliphatic hydroxyl groups excluding tert-OH is 3. The highest BCUT2D eigenvalue weighted by atomic mass is 16.3. The number of aliphatic hydroxyl groups is 4. The number of Topliss-reactive ketones (excluding diaryl/α,β-unsaturated/α-hetero) is 2. The quantitative estimate of drug-likeness (QED) is 0.253. The molecule has 5 rings (SSSR count). The van der Waals surface area contributed by atoms with Crippen LogP contribution in [0, 0.1) is 11.8 Å². The van der Waals surface area contributed by atoms with Crippen LogP contribution in [0.1, 0.15) is 22.3 Å². The minimum Gasteiger partial charge on any atom is -0.510 e. The fourth-order valence-electron chi connectivity index (χ4n) is 6.45. The van der Waals surface area contributed by atoms with Crippen LogP contribution in [0.2, 0.25) is 0 Å². The number of nitrogens with one attached hydrogen (secondary N) is 1. The zero-order valence-electron chi connectivity index (χ0n) is 22.2. The van der Waals surface area contributed by atoms with Gasteiger partial charge in [0.05, 0.1) is 11.6 Å². The molecule has 3 aliphatic rings. The first-order valence-corrected chi connectivity index (χ1v) is 12.8.